The summed E-state index contributed by atoms with van der Waals surface area (Å²) in [6.45, 7) is 5.33. The van der Waals surface area contributed by atoms with Gasteiger partial charge in [-0.25, -0.2) is 0 Å². The number of nitrogens with zero attached hydrogens (tertiary/aromatic N) is 1. The Morgan fingerprint density at radius 3 is 2.70 bits per heavy atom. The lowest BCUT2D eigenvalue weighted by molar-refractivity contribution is -0.138. The lowest BCUT2D eigenvalue weighted by Gasteiger charge is -2.19. The van der Waals surface area contributed by atoms with Crippen LogP contribution in [0.5, 0.6) is 0 Å². The highest BCUT2D eigenvalue weighted by Crippen LogP contribution is 2.33. The van der Waals surface area contributed by atoms with Crippen molar-refractivity contribution in [3.8, 4) is 0 Å². The zero-order valence-corrected chi connectivity index (χ0v) is 13.2. The molecule has 0 saturated carbocycles. The fraction of sp³-hybridized carbons (Fsp3) is 0.333. The number of thioether (sulfide) groups is 1. The molecule has 0 saturated heterocycles. The molecular weight excluding hydrogens is 294 g/mol. The number of para-hydroxylation sites is 1. The van der Waals surface area contributed by atoms with E-state index >= 15 is 0 Å². The summed E-state index contributed by atoms with van der Waals surface area (Å²) in [7, 11) is 0. The summed E-state index contributed by atoms with van der Waals surface area (Å²) in [6, 6.07) is 7.81. The van der Waals surface area contributed by atoms with E-state index in [1.807, 2.05) is 31.2 Å². The van der Waals surface area contributed by atoms with Crippen LogP contribution in [0.25, 0.3) is 10.9 Å². The summed E-state index contributed by atoms with van der Waals surface area (Å²) in [6.07, 6.45) is 0. The van der Waals surface area contributed by atoms with Gasteiger partial charge in [-0.15, -0.1) is 11.8 Å². The molecule has 0 fully saturated rings. The highest BCUT2D eigenvalue weighted by Gasteiger charge is 2.28. The van der Waals surface area contributed by atoms with Crippen molar-refractivity contribution >= 4 is 40.2 Å². The summed E-state index contributed by atoms with van der Waals surface area (Å²) in [5.41, 5.74) is 2.61. The molecule has 1 heterocycles. The Balaban J connectivity index is 2.36. The third kappa shape index (κ3) is 2.91. The molecule has 1 aromatic heterocycles. The Morgan fingerprint density at radius 2 is 2.05 bits per heavy atom. The molecule has 20 heavy (non-hydrogen) atoms. The second kappa shape index (κ2) is 5.62. The van der Waals surface area contributed by atoms with Crippen molar-refractivity contribution in [2.24, 2.45) is 0 Å². The van der Waals surface area contributed by atoms with E-state index in [1.165, 1.54) is 11.8 Å². The lowest BCUT2D eigenvalue weighted by Crippen LogP contribution is -2.27. The van der Waals surface area contributed by atoms with E-state index in [1.54, 1.807) is 13.8 Å². The van der Waals surface area contributed by atoms with Gasteiger partial charge in [-0.2, -0.15) is 0 Å². The quantitative estimate of drug-likeness (QED) is 0.915. The number of carboxylic acids is 1. The molecule has 0 amide bonds. The van der Waals surface area contributed by atoms with Gasteiger partial charge in [0.05, 0.1) is 16.2 Å². The molecule has 106 valence electrons. The van der Waals surface area contributed by atoms with Gasteiger partial charge in [0.2, 0.25) is 0 Å². The predicted octanol–water partition coefficient (Wildman–Crippen LogP) is 4.29. The van der Waals surface area contributed by atoms with Crippen molar-refractivity contribution in [1.82, 2.24) is 4.98 Å². The van der Waals surface area contributed by atoms with Gasteiger partial charge < -0.3 is 5.11 Å². The Labute approximate surface area is 127 Å². The van der Waals surface area contributed by atoms with E-state index in [9.17, 15) is 4.79 Å². The molecule has 0 aliphatic carbocycles. The average Bonchev–Trinajstić information content (AvgIpc) is 2.41. The maximum atomic E-state index is 11.1. The molecule has 2 rings (SSSR count). The first-order valence-electron chi connectivity index (χ1n) is 6.24. The van der Waals surface area contributed by atoms with Gasteiger partial charge >= 0.3 is 5.97 Å². The van der Waals surface area contributed by atoms with Crippen LogP contribution in [0, 0.1) is 6.92 Å². The minimum Gasteiger partial charge on any atom is -0.480 e. The van der Waals surface area contributed by atoms with Gasteiger partial charge in [-0.3, -0.25) is 9.78 Å². The Kier molecular flexibility index (Phi) is 4.25. The zero-order valence-electron chi connectivity index (χ0n) is 11.6. The number of hydrogen-bond acceptors (Lipinski definition) is 3. The molecule has 0 spiro atoms. The number of aromatic nitrogens is 1. The van der Waals surface area contributed by atoms with Crippen molar-refractivity contribution in [1.29, 1.82) is 0 Å². The van der Waals surface area contributed by atoms with E-state index in [0.29, 0.717) is 10.8 Å². The number of halogens is 1. The number of carbonyl (C=O) groups is 1. The number of hydrogen-bond donors (Lipinski definition) is 1. The molecule has 0 unspecified atom stereocenters. The molecule has 3 nitrogen and oxygen atoms in total. The summed E-state index contributed by atoms with van der Waals surface area (Å²) < 4.78 is -0.857. The van der Waals surface area contributed by atoms with Gasteiger partial charge in [0.25, 0.3) is 0 Å². The van der Waals surface area contributed by atoms with Crippen LogP contribution in [-0.2, 0) is 10.5 Å². The van der Waals surface area contributed by atoms with Crippen LogP contribution in [0.4, 0.5) is 0 Å². The standard InChI is InChI=1S/C15H16ClNO2S/c1-9-10-6-4-5-7-11(10)17-12(13(9)16)8-20-15(2,3)14(18)19/h4-7H,8H2,1-3H3,(H,18,19). The highest BCUT2D eigenvalue weighted by molar-refractivity contribution is 8.00. The molecule has 0 radical (unpaired) electrons. The van der Waals surface area contributed by atoms with Crippen molar-refractivity contribution < 1.29 is 9.90 Å². The largest absolute Gasteiger partial charge is 0.480 e. The summed E-state index contributed by atoms with van der Waals surface area (Å²) in [5, 5.41) is 10.8. The molecule has 2 aromatic rings. The van der Waals surface area contributed by atoms with Crippen molar-refractivity contribution in [2.75, 3.05) is 0 Å². The Morgan fingerprint density at radius 1 is 1.40 bits per heavy atom. The Hall–Kier alpha value is -1.26. The van der Waals surface area contributed by atoms with Crippen molar-refractivity contribution in [3.63, 3.8) is 0 Å². The van der Waals surface area contributed by atoms with Crippen LogP contribution in [0.1, 0.15) is 25.1 Å². The van der Waals surface area contributed by atoms with E-state index in [-0.39, 0.29) is 0 Å². The van der Waals surface area contributed by atoms with Gasteiger partial charge in [-0.05, 0) is 32.4 Å². The third-order valence-electron chi connectivity index (χ3n) is 3.23. The summed E-state index contributed by atoms with van der Waals surface area (Å²) in [5.74, 6) is -0.361. The smallest absolute Gasteiger partial charge is 0.319 e. The number of carboxylic acid groups (broad SMARTS) is 1. The zero-order chi connectivity index (χ0) is 14.9. The first-order chi connectivity index (χ1) is 9.33. The van der Waals surface area contributed by atoms with Crippen LogP contribution in [0.3, 0.4) is 0 Å². The minimum absolute atomic E-state index is 0.476. The van der Waals surface area contributed by atoms with Crippen LogP contribution in [-0.4, -0.2) is 20.8 Å². The molecule has 1 aromatic carbocycles. The number of rotatable bonds is 4. The topological polar surface area (TPSA) is 50.2 Å². The Bertz CT molecular complexity index is 670. The highest BCUT2D eigenvalue weighted by atomic mass is 35.5. The number of benzene rings is 1. The SMILES string of the molecule is Cc1c(Cl)c(CSC(C)(C)C(=O)O)nc2ccccc12. The van der Waals surface area contributed by atoms with Gasteiger partial charge in [0, 0.05) is 11.1 Å². The predicted molar refractivity (Wildman–Crippen MR) is 84.5 cm³/mol. The van der Waals surface area contributed by atoms with E-state index in [2.05, 4.69) is 4.98 Å². The number of pyridine rings is 1. The molecule has 0 aliphatic rings. The average molecular weight is 310 g/mol. The van der Waals surface area contributed by atoms with Gasteiger partial charge in [0.1, 0.15) is 4.75 Å². The van der Waals surface area contributed by atoms with Crippen molar-refractivity contribution in [3.05, 3.63) is 40.5 Å². The molecule has 5 heteroatoms. The van der Waals surface area contributed by atoms with E-state index in [4.69, 9.17) is 16.7 Å². The third-order valence-corrected chi connectivity index (χ3v) is 5.05. The number of aliphatic carboxylic acids is 1. The van der Waals surface area contributed by atoms with Gasteiger partial charge in [0.15, 0.2) is 0 Å². The van der Waals surface area contributed by atoms with Crippen molar-refractivity contribution in [2.45, 2.75) is 31.3 Å². The first kappa shape index (κ1) is 15.1. The summed E-state index contributed by atoms with van der Waals surface area (Å²) >= 11 is 7.68. The molecule has 0 atom stereocenters. The second-order valence-electron chi connectivity index (χ2n) is 5.12. The number of aryl methyl sites for hydroxylation is 1. The lowest BCUT2D eigenvalue weighted by atomic mass is 10.1. The fourth-order valence-corrected chi connectivity index (χ4v) is 2.94. The maximum Gasteiger partial charge on any atom is 0.319 e. The monoisotopic (exact) mass is 309 g/mol. The summed E-state index contributed by atoms with van der Waals surface area (Å²) in [4.78, 5) is 15.7. The minimum atomic E-state index is -0.857. The van der Waals surface area contributed by atoms with Crippen LogP contribution >= 0.6 is 23.4 Å². The van der Waals surface area contributed by atoms with Crippen LogP contribution < -0.4 is 0 Å². The van der Waals surface area contributed by atoms with E-state index in [0.717, 1.165) is 22.2 Å². The van der Waals surface area contributed by atoms with E-state index < -0.39 is 10.7 Å². The van der Waals surface area contributed by atoms with Crippen LogP contribution in [0.2, 0.25) is 5.02 Å². The second-order valence-corrected chi connectivity index (χ2v) is 7.09. The van der Waals surface area contributed by atoms with Gasteiger partial charge in [-0.1, -0.05) is 29.8 Å². The fourth-order valence-electron chi connectivity index (χ4n) is 1.82. The normalized spacial score (nSPS) is 11.8. The molecule has 1 N–H and O–H groups in total. The first-order valence-corrected chi connectivity index (χ1v) is 7.60. The molecule has 0 aliphatic heterocycles. The molecule has 0 bridgehead atoms. The number of fused-ring (bicyclic) bond motifs is 1. The maximum absolute atomic E-state index is 11.1. The van der Waals surface area contributed by atoms with Crippen LogP contribution in [0.15, 0.2) is 24.3 Å². The molecular formula is C15H16ClNO2S.